The molecule has 0 spiro atoms. The molecule has 5 heteroatoms. The fourth-order valence-corrected chi connectivity index (χ4v) is 11.3. The van der Waals surface area contributed by atoms with E-state index in [-0.39, 0.29) is 0 Å². The van der Waals surface area contributed by atoms with Gasteiger partial charge in [-0.05, 0) is 120 Å². The lowest BCUT2D eigenvalue weighted by atomic mass is 9.98. The summed E-state index contributed by atoms with van der Waals surface area (Å²) in [4.78, 5) is 15.0. The lowest BCUT2D eigenvalue weighted by Gasteiger charge is -2.15. The van der Waals surface area contributed by atoms with Gasteiger partial charge in [-0.2, -0.15) is 0 Å². The first kappa shape index (κ1) is 45.1. The summed E-state index contributed by atoms with van der Waals surface area (Å²) < 4.78 is 5.15. The fraction of sp³-hybridized carbons (Fsp3) is 0.141. The Bertz CT molecular complexity index is 3570. The van der Waals surface area contributed by atoms with Crippen molar-refractivity contribution in [3.8, 4) is 16.8 Å². The number of rotatable bonds is 14. The molecule has 0 radical (unpaired) electrons. The van der Waals surface area contributed by atoms with E-state index in [4.69, 9.17) is 9.98 Å². The Morgan fingerprint density at radius 3 is 2.36 bits per heavy atom. The number of thiophene rings is 1. The van der Waals surface area contributed by atoms with Gasteiger partial charge >= 0.3 is 0 Å². The molecule has 0 aliphatic heterocycles. The smallest absolute Gasteiger partial charge is 0.161 e. The van der Waals surface area contributed by atoms with Gasteiger partial charge < -0.3 is 4.57 Å². The fourth-order valence-electron chi connectivity index (χ4n) is 10.1. The van der Waals surface area contributed by atoms with Crippen molar-refractivity contribution < 1.29 is 0 Å². The van der Waals surface area contributed by atoms with Crippen LogP contribution in [0.4, 0.5) is 0 Å². The first-order valence-corrected chi connectivity index (χ1v) is 24.9. The molecule has 0 saturated carbocycles. The van der Waals surface area contributed by atoms with Gasteiger partial charge in [0.15, 0.2) is 11.7 Å². The molecule has 0 atom stereocenters. The van der Waals surface area contributed by atoms with Crippen LogP contribution in [0.25, 0.3) is 54.0 Å². The zero-order chi connectivity index (χ0) is 47.3. The molecule has 0 bridgehead atoms. The Morgan fingerprint density at radius 1 is 0.739 bits per heavy atom. The molecule has 9 aromatic rings. The van der Waals surface area contributed by atoms with Crippen molar-refractivity contribution in [2.75, 3.05) is 0 Å². The van der Waals surface area contributed by atoms with Crippen LogP contribution in [0.15, 0.2) is 209 Å². The van der Waals surface area contributed by atoms with Crippen LogP contribution < -0.4 is 0 Å². The van der Waals surface area contributed by atoms with Crippen LogP contribution in [0.5, 0.6) is 0 Å². The minimum Gasteiger partial charge on any atom is -0.313 e. The average Bonchev–Trinajstić information content (AvgIpc) is 4.04. The molecule has 0 saturated heterocycles. The Balaban J connectivity index is 1.07. The number of aryl methyl sites for hydroxylation is 2. The maximum absolute atomic E-state index is 5.22. The quantitative estimate of drug-likeness (QED) is 0.0593. The van der Waals surface area contributed by atoms with Gasteiger partial charge in [-0.15, -0.1) is 11.3 Å². The Hall–Kier alpha value is -7.73. The number of hydrogen-bond acceptors (Lipinski definition) is 2. The van der Waals surface area contributed by atoms with Crippen LogP contribution in [-0.2, 0) is 32.2 Å². The highest BCUT2D eigenvalue weighted by atomic mass is 32.1. The lowest BCUT2D eigenvalue weighted by molar-refractivity contribution is 0.912. The third-order valence-corrected chi connectivity index (χ3v) is 14.6. The molecule has 7 aromatic carbocycles. The van der Waals surface area contributed by atoms with E-state index in [0.717, 1.165) is 48.1 Å². The number of aromatic nitrogens is 1. The van der Waals surface area contributed by atoms with Crippen LogP contribution in [0.1, 0.15) is 76.0 Å². The van der Waals surface area contributed by atoms with Crippen LogP contribution in [0.3, 0.4) is 0 Å². The first-order valence-electron chi connectivity index (χ1n) is 24.1. The van der Waals surface area contributed by atoms with Gasteiger partial charge in [0.25, 0.3) is 0 Å². The van der Waals surface area contributed by atoms with Gasteiger partial charge in [0, 0.05) is 60.1 Å². The van der Waals surface area contributed by atoms with Gasteiger partial charge in [0.05, 0.1) is 12.1 Å². The minimum atomic E-state index is 0.488. The van der Waals surface area contributed by atoms with E-state index < -0.39 is 0 Å². The third-order valence-electron chi connectivity index (χ3n) is 13.3. The molecule has 2 heterocycles. The summed E-state index contributed by atoms with van der Waals surface area (Å²) in [5.74, 6) is 1.13. The van der Waals surface area contributed by atoms with E-state index in [1.165, 1.54) is 86.8 Å². The Labute approximate surface area is 410 Å². The highest BCUT2D eigenvalue weighted by molar-refractivity contribution is 7.26. The van der Waals surface area contributed by atoms with Crippen LogP contribution in [0.2, 0.25) is 0 Å². The molecule has 0 fully saturated rings. The molecule has 2 aromatic heterocycles. The zero-order valence-electron chi connectivity index (χ0n) is 39.8. The van der Waals surface area contributed by atoms with Crippen molar-refractivity contribution in [3.63, 3.8) is 0 Å². The molecular formula is C64H56N4S. The molecule has 1 aliphatic rings. The standard InChI is InChI=1S/C64H56N4S/c1-6-9-27-55-58-36-43(4)48(20-8-3)41-60(58)68(59(55)38-44(19-7-2)32-34-46-24-18-30-57-56-29-15-16-31-61(56)69-62(46)57)52-26-17-25-50(40-52)63(65-5)67-64(47-21-11-10-12-22-47)66-42-45-33-35-54-51(37-45)39-49-23-13-14-28-53(49)54/h6-7,9-19,21-33,35-37,40-41H,1,5,8,20,34,38-39,42H2,2-4H3/b19-7-,27-9-,44-32+,66-64?,67-63?. The number of hydrogen-bond donors (Lipinski definition) is 0. The van der Waals surface area contributed by atoms with Crippen LogP contribution in [-0.4, -0.2) is 23.0 Å². The number of allylic oxidation sites excluding steroid dienone is 6. The maximum Gasteiger partial charge on any atom is 0.161 e. The topological polar surface area (TPSA) is 42.0 Å². The number of fused-ring (bicyclic) bond motifs is 7. The second kappa shape index (κ2) is 20.2. The summed E-state index contributed by atoms with van der Waals surface area (Å²) in [7, 11) is 0. The molecule has 4 nitrogen and oxygen atoms in total. The lowest BCUT2D eigenvalue weighted by Crippen LogP contribution is -2.08. The van der Waals surface area contributed by atoms with Crippen molar-refractivity contribution >= 4 is 66.9 Å². The number of aliphatic imine (C=N–C) groups is 3. The van der Waals surface area contributed by atoms with Crippen LogP contribution >= 0.6 is 11.3 Å². The van der Waals surface area contributed by atoms with E-state index in [1.807, 2.05) is 35.6 Å². The normalized spacial score (nSPS) is 13.1. The molecule has 69 heavy (non-hydrogen) atoms. The number of benzene rings is 7. The maximum atomic E-state index is 5.22. The predicted molar refractivity (Wildman–Crippen MR) is 298 cm³/mol. The van der Waals surface area contributed by atoms with Gasteiger partial charge in [-0.3, -0.25) is 4.99 Å². The highest BCUT2D eigenvalue weighted by Crippen LogP contribution is 2.39. The van der Waals surface area contributed by atoms with E-state index in [9.17, 15) is 0 Å². The summed E-state index contributed by atoms with van der Waals surface area (Å²) in [6.07, 6.45) is 17.6. The van der Waals surface area contributed by atoms with Crippen molar-refractivity contribution in [3.05, 3.63) is 250 Å². The van der Waals surface area contributed by atoms with Crippen molar-refractivity contribution in [1.82, 2.24) is 4.57 Å². The van der Waals surface area contributed by atoms with Crippen molar-refractivity contribution in [2.45, 2.75) is 59.4 Å². The summed E-state index contributed by atoms with van der Waals surface area (Å²) in [6.45, 7) is 15.3. The minimum absolute atomic E-state index is 0.488. The van der Waals surface area contributed by atoms with Gasteiger partial charge in [0.1, 0.15) is 0 Å². The summed E-state index contributed by atoms with van der Waals surface area (Å²) in [6, 6.07) is 54.5. The highest BCUT2D eigenvalue weighted by Gasteiger charge is 2.21. The Morgan fingerprint density at radius 2 is 1.52 bits per heavy atom. The molecule has 0 N–H and O–H groups in total. The molecular weight excluding hydrogens is 857 g/mol. The van der Waals surface area contributed by atoms with Gasteiger partial charge in [-0.1, -0.05) is 178 Å². The van der Waals surface area contributed by atoms with E-state index >= 15 is 0 Å². The second-order valence-electron chi connectivity index (χ2n) is 17.9. The SMILES string of the molecule is C=C/C=C\c1c(CC(/C=C\C)=C/Cc2cccc3c2sc2ccccc23)n(-c2cccc(C(N=C)=NC(=NCc3ccc4c(c3)Cc3ccccc3-4)c3ccccc3)c2)c2cc(CCC)c(C)cc12. The summed E-state index contributed by atoms with van der Waals surface area (Å²) in [5.41, 5.74) is 18.1. The average molecular weight is 913 g/mol. The van der Waals surface area contributed by atoms with Crippen molar-refractivity contribution in [2.24, 2.45) is 15.0 Å². The van der Waals surface area contributed by atoms with Gasteiger partial charge in [0.2, 0.25) is 0 Å². The molecule has 338 valence electrons. The van der Waals surface area contributed by atoms with Gasteiger partial charge in [-0.25, -0.2) is 9.98 Å². The van der Waals surface area contributed by atoms with Crippen molar-refractivity contribution in [1.29, 1.82) is 0 Å². The molecule has 0 amide bonds. The molecule has 10 rings (SSSR count). The summed E-state index contributed by atoms with van der Waals surface area (Å²) in [5, 5.41) is 3.87. The second-order valence-corrected chi connectivity index (χ2v) is 18.9. The van der Waals surface area contributed by atoms with E-state index in [2.05, 4.69) is 207 Å². The third kappa shape index (κ3) is 9.18. The molecule has 1 aliphatic carbocycles. The van der Waals surface area contributed by atoms with E-state index in [0.29, 0.717) is 24.6 Å². The predicted octanol–water partition coefficient (Wildman–Crippen LogP) is 16.4. The Kier molecular flexibility index (Phi) is 13.2. The largest absolute Gasteiger partial charge is 0.313 e. The molecule has 0 unspecified atom stereocenters. The zero-order valence-corrected chi connectivity index (χ0v) is 40.6. The first-order chi connectivity index (χ1) is 33.9. The number of nitrogens with zero attached hydrogens (tertiary/aromatic N) is 4. The number of amidine groups is 2. The van der Waals surface area contributed by atoms with E-state index in [1.54, 1.807) is 0 Å². The summed E-state index contributed by atoms with van der Waals surface area (Å²) >= 11 is 1.89. The van der Waals surface area contributed by atoms with Crippen LogP contribution in [0, 0.1) is 6.92 Å². The monoisotopic (exact) mass is 912 g/mol.